The zero-order valence-electron chi connectivity index (χ0n) is 19.7. The number of ether oxygens (including phenoxy) is 1. The molecule has 7 nitrogen and oxygen atoms in total. The van der Waals surface area contributed by atoms with E-state index in [-0.39, 0.29) is 48.7 Å². The Morgan fingerprint density at radius 3 is 2.35 bits per heavy atom. The number of benzene rings is 1. The summed E-state index contributed by atoms with van der Waals surface area (Å²) in [6, 6.07) is 6.70. The Bertz CT molecular complexity index is 1310. The molecular formula is C24H22F6N6O. The van der Waals surface area contributed by atoms with E-state index in [9.17, 15) is 26.3 Å². The van der Waals surface area contributed by atoms with Gasteiger partial charge in [0.2, 0.25) is 11.9 Å². The smallest absolute Gasteiger partial charge is 0.370 e. The van der Waals surface area contributed by atoms with Crippen molar-refractivity contribution in [1.29, 1.82) is 0 Å². The highest BCUT2D eigenvalue weighted by Gasteiger charge is 2.33. The molecule has 0 aliphatic carbocycles. The summed E-state index contributed by atoms with van der Waals surface area (Å²) in [6.45, 7) is 4.03. The lowest BCUT2D eigenvalue weighted by Crippen LogP contribution is -2.34. The highest BCUT2D eigenvalue weighted by Crippen LogP contribution is 2.33. The van der Waals surface area contributed by atoms with Gasteiger partial charge in [0, 0.05) is 12.2 Å². The topological polar surface area (TPSA) is 84.9 Å². The average molecular weight is 524 g/mol. The lowest BCUT2D eigenvalue weighted by atomic mass is 10.1. The third-order valence-electron chi connectivity index (χ3n) is 5.24. The van der Waals surface area contributed by atoms with Gasteiger partial charge in [-0.25, -0.2) is 4.98 Å². The molecular weight excluding hydrogens is 502 g/mol. The maximum Gasteiger partial charge on any atom is 0.433 e. The molecule has 4 rings (SSSR count). The van der Waals surface area contributed by atoms with E-state index in [4.69, 9.17) is 4.74 Å². The number of allylic oxidation sites excluding steroid dienone is 1. The van der Waals surface area contributed by atoms with Gasteiger partial charge in [0.25, 0.3) is 0 Å². The van der Waals surface area contributed by atoms with Gasteiger partial charge >= 0.3 is 12.4 Å². The summed E-state index contributed by atoms with van der Waals surface area (Å²) in [4.78, 5) is 16.1. The van der Waals surface area contributed by atoms with E-state index in [2.05, 4.69) is 30.6 Å². The number of anilines is 3. The van der Waals surface area contributed by atoms with Crippen molar-refractivity contribution in [2.75, 3.05) is 23.8 Å². The molecule has 2 N–H and O–H groups in total. The predicted molar refractivity (Wildman–Crippen MR) is 124 cm³/mol. The van der Waals surface area contributed by atoms with Gasteiger partial charge in [0.1, 0.15) is 11.4 Å². The van der Waals surface area contributed by atoms with Crippen LogP contribution in [0.1, 0.15) is 30.7 Å². The van der Waals surface area contributed by atoms with Gasteiger partial charge in [-0.1, -0.05) is 18.2 Å². The Morgan fingerprint density at radius 1 is 0.865 bits per heavy atom. The molecule has 0 saturated carbocycles. The molecule has 4 bridgehead atoms. The first-order valence-corrected chi connectivity index (χ1v) is 11.1. The van der Waals surface area contributed by atoms with Crippen molar-refractivity contribution >= 4 is 17.6 Å². The summed E-state index contributed by atoms with van der Waals surface area (Å²) in [7, 11) is 0. The second-order valence-corrected chi connectivity index (χ2v) is 8.85. The van der Waals surface area contributed by atoms with Crippen LogP contribution in [0.5, 0.6) is 0 Å². The molecule has 0 fully saturated rings. The van der Waals surface area contributed by atoms with E-state index < -0.39 is 29.2 Å². The molecule has 1 aliphatic heterocycles. The SMILES string of the molecule is CC1(C)CNc2nc(nc(-c3cccc(C(F)(F)F)n3)n2)Nc2cc(cc(C(F)(F)F)c2)C/C=C\CO1. The fourth-order valence-electron chi connectivity index (χ4n) is 3.42. The van der Waals surface area contributed by atoms with E-state index in [0.717, 1.165) is 24.3 Å². The maximum atomic E-state index is 13.5. The molecule has 0 saturated heterocycles. The molecule has 0 unspecified atom stereocenters. The summed E-state index contributed by atoms with van der Waals surface area (Å²) in [5, 5.41) is 5.69. The number of rotatable bonds is 1. The van der Waals surface area contributed by atoms with Gasteiger partial charge in [0.05, 0.1) is 17.8 Å². The largest absolute Gasteiger partial charge is 0.433 e. The minimum absolute atomic E-state index is 0.0269. The van der Waals surface area contributed by atoms with E-state index in [1.807, 2.05) is 0 Å². The van der Waals surface area contributed by atoms with Crippen LogP contribution in [0.3, 0.4) is 0 Å². The highest BCUT2D eigenvalue weighted by molar-refractivity contribution is 5.61. The van der Waals surface area contributed by atoms with Gasteiger partial charge in [-0.3, -0.25) is 0 Å². The Hall–Kier alpha value is -3.74. The van der Waals surface area contributed by atoms with Crippen molar-refractivity contribution < 1.29 is 31.1 Å². The van der Waals surface area contributed by atoms with Crippen LogP contribution in [0.25, 0.3) is 11.5 Å². The molecule has 0 amide bonds. The number of alkyl halides is 6. The maximum absolute atomic E-state index is 13.5. The zero-order valence-corrected chi connectivity index (χ0v) is 19.7. The summed E-state index contributed by atoms with van der Waals surface area (Å²) in [5.41, 5.74) is -2.50. The lowest BCUT2D eigenvalue weighted by Gasteiger charge is -2.25. The molecule has 0 radical (unpaired) electrons. The number of aromatic nitrogens is 4. The van der Waals surface area contributed by atoms with Crippen molar-refractivity contribution in [2.24, 2.45) is 0 Å². The van der Waals surface area contributed by atoms with Crippen LogP contribution in [0.4, 0.5) is 43.9 Å². The molecule has 1 aliphatic rings. The monoisotopic (exact) mass is 524 g/mol. The van der Waals surface area contributed by atoms with Crippen molar-refractivity contribution in [3.8, 4) is 11.5 Å². The molecule has 3 heterocycles. The van der Waals surface area contributed by atoms with Gasteiger partial charge in [0.15, 0.2) is 5.82 Å². The van der Waals surface area contributed by atoms with Crippen molar-refractivity contribution in [1.82, 2.24) is 19.9 Å². The van der Waals surface area contributed by atoms with E-state index in [1.165, 1.54) is 12.1 Å². The number of hydrogen-bond acceptors (Lipinski definition) is 7. The number of nitrogens with one attached hydrogen (secondary N) is 2. The van der Waals surface area contributed by atoms with Crippen LogP contribution >= 0.6 is 0 Å². The molecule has 13 heteroatoms. The summed E-state index contributed by atoms with van der Waals surface area (Å²) in [5.74, 6) is -0.412. The average Bonchev–Trinajstić information content (AvgIpc) is 2.81. The second kappa shape index (κ2) is 9.96. The Morgan fingerprint density at radius 2 is 1.62 bits per heavy atom. The quantitative estimate of drug-likeness (QED) is 0.297. The van der Waals surface area contributed by atoms with Crippen LogP contribution in [0.15, 0.2) is 48.6 Å². The highest BCUT2D eigenvalue weighted by atomic mass is 19.4. The van der Waals surface area contributed by atoms with E-state index >= 15 is 0 Å². The van der Waals surface area contributed by atoms with Crippen LogP contribution in [-0.4, -0.2) is 38.7 Å². The fraction of sp³-hybridized carbons (Fsp3) is 0.333. The number of pyridine rings is 1. The molecule has 3 aromatic rings. The van der Waals surface area contributed by atoms with Gasteiger partial charge in [-0.15, -0.1) is 0 Å². The van der Waals surface area contributed by atoms with Gasteiger partial charge in [-0.05, 0) is 56.2 Å². The van der Waals surface area contributed by atoms with Crippen LogP contribution < -0.4 is 10.6 Å². The second-order valence-electron chi connectivity index (χ2n) is 8.85. The third kappa shape index (κ3) is 6.94. The molecule has 0 spiro atoms. The standard InChI is InChI=1S/C24H22F6N6O/c1-22(2)13-31-20-34-19(17-7-5-8-18(33-17)24(28,29)30)35-21(36-20)32-16-11-14(6-3-4-9-37-22)10-15(12-16)23(25,26)27/h3-5,7-8,10-12H,6,9,13H2,1-2H3,(H2,31,32,34,35,36)/b4-3-. The summed E-state index contributed by atoms with van der Waals surface area (Å²) in [6.07, 6.45) is -5.67. The molecule has 0 atom stereocenters. The van der Waals surface area contributed by atoms with Crippen molar-refractivity contribution in [2.45, 2.75) is 38.2 Å². The third-order valence-corrected chi connectivity index (χ3v) is 5.24. The molecule has 2 aromatic heterocycles. The first kappa shape index (κ1) is 26.3. The van der Waals surface area contributed by atoms with Gasteiger partial charge < -0.3 is 15.4 Å². The Balaban J connectivity index is 1.82. The Labute approximate surface area is 208 Å². The van der Waals surface area contributed by atoms with Crippen molar-refractivity contribution in [3.63, 3.8) is 0 Å². The van der Waals surface area contributed by atoms with Crippen LogP contribution in [-0.2, 0) is 23.5 Å². The first-order valence-electron chi connectivity index (χ1n) is 11.1. The van der Waals surface area contributed by atoms with Crippen LogP contribution in [0, 0.1) is 0 Å². The molecule has 196 valence electrons. The normalized spacial score (nSPS) is 17.1. The minimum Gasteiger partial charge on any atom is -0.370 e. The number of halogens is 6. The summed E-state index contributed by atoms with van der Waals surface area (Å²) >= 11 is 0. The minimum atomic E-state index is -4.69. The van der Waals surface area contributed by atoms with Crippen molar-refractivity contribution in [3.05, 3.63) is 65.4 Å². The molecule has 37 heavy (non-hydrogen) atoms. The fourth-order valence-corrected chi connectivity index (χ4v) is 3.42. The van der Waals surface area contributed by atoms with Crippen LogP contribution in [0.2, 0.25) is 0 Å². The number of hydrogen-bond donors (Lipinski definition) is 2. The number of fused-ring (bicyclic) bond motifs is 4. The Kier molecular flexibility index (Phi) is 7.09. The summed E-state index contributed by atoms with van der Waals surface area (Å²) < 4.78 is 86.1. The zero-order chi connectivity index (χ0) is 26.8. The number of nitrogens with zero attached hydrogens (tertiary/aromatic N) is 4. The van der Waals surface area contributed by atoms with E-state index in [0.29, 0.717) is 5.56 Å². The van der Waals surface area contributed by atoms with E-state index in [1.54, 1.807) is 26.0 Å². The van der Waals surface area contributed by atoms with Gasteiger partial charge in [-0.2, -0.15) is 41.3 Å². The lowest BCUT2D eigenvalue weighted by molar-refractivity contribution is -0.141. The first-order chi connectivity index (χ1) is 17.3. The molecule has 1 aromatic carbocycles. The predicted octanol–water partition coefficient (Wildman–Crippen LogP) is 6.03.